The first-order chi connectivity index (χ1) is 10.9. The third-order valence-corrected chi connectivity index (χ3v) is 4.37. The number of nitrogens with one attached hydrogen (secondary N) is 1. The number of hydrogen-bond acceptors (Lipinski definition) is 2. The van der Waals surface area contributed by atoms with E-state index in [0.717, 1.165) is 17.9 Å². The molecule has 0 fully saturated rings. The van der Waals surface area contributed by atoms with Crippen LogP contribution in [0.4, 0.5) is 0 Å². The van der Waals surface area contributed by atoms with E-state index >= 15 is 0 Å². The lowest BCUT2D eigenvalue weighted by atomic mass is 9.88. The van der Waals surface area contributed by atoms with Gasteiger partial charge in [-0.25, -0.2) is 0 Å². The van der Waals surface area contributed by atoms with Gasteiger partial charge in [-0.2, -0.15) is 0 Å². The van der Waals surface area contributed by atoms with Gasteiger partial charge in [0.1, 0.15) is 13.2 Å². The van der Waals surface area contributed by atoms with Gasteiger partial charge in [0.25, 0.3) is 0 Å². The fourth-order valence-electron chi connectivity index (χ4n) is 3.29. The molecule has 0 saturated heterocycles. The molecule has 1 N–H and O–H groups in total. The molecule has 0 saturated carbocycles. The second kappa shape index (κ2) is 5.41. The summed E-state index contributed by atoms with van der Waals surface area (Å²) in [5.74, 6) is 2.07. The van der Waals surface area contributed by atoms with E-state index in [4.69, 9.17) is 9.47 Å². The maximum absolute atomic E-state index is 5.73. The third-order valence-electron chi connectivity index (χ3n) is 4.37. The highest BCUT2D eigenvalue weighted by atomic mass is 16.6. The predicted octanol–water partition coefficient (Wildman–Crippen LogP) is 4.48. The summed E-state index contributed by atoms with van der Waals surface area (Å²) >= 11 is 0. The number of hydrogen-bond donors (Lipinski definition) is 1. The standard InChI is InChI=1S/C19H19NO2/c1-2-14(16-12-20-17-6-4-3-5-15(16)17)13-7-8-18-19(11-13)22-10-9-21-18/h3-8,11-12,14,20H,2,9-10H2,1H3. The molecule has 0 bridgehead atoms. The summed E-state index contributed by atoms with van der Waals surface area (Å²) in [4.78, 5) is 3.38. The van der Waals surface area contributed by atoms with Gasteiger partial charge in [-0.15, -0.1) is 0 Å². The minimum absolute atomic E-state index is 0.354. The van der Waals surface area contributed by atoms with Gasteiger partial charge < -0.3 is 14.5 Å². The van der Waals surface area contributed by atoms with E-state index in [1.165, 1.54) is 22.0 Å². The fraction of sp³-hybridized carbons (Fsp3) is 0.263. The monoisotopic (exact) mass is 293 g/mol. The average molecular weight is 293 g/mol. The smallest absolute Gasteiger partial charge is 0.161 e. The number of aromatic nitrogens is 1. The largest absolute Gasteiger partial charge is 0.486 e. The molecule has 1 aliphatic heterocycles. The number of fused-ring (bicyclic) bond motifs is 2. The van der Waals surface area contributed by atoms with Crippen LogP contribution in [0.2, 0.25) is 0 Å². The molecular weight excluding hydrogens is 274 g/mol. The first-order valence-electron chi connectivity index (χ1n) is 7.82. The van der Waals surface area contributed by atoms with Crippen LogP contribution in [0.15, 0.2) is 48.7 Å². The van der Waals surface area contributed by atoms with Crippen molar-refractivity contribution in [1.82, 2.24) is 4.98 Å². The number of para-hydroxylation sites is 1. The highest BCUT2D eigenvalue weighted by Gasteiger charge is 2.19. The van der Waals surface area contributed by atoms with Crippen LogP contribution in [0, 0.1) is 0 Å². The lowest BCUT2D eigenvalue weighted by Gasteiger charge is -2.21. The first kappa shape index (κ1) is 13.3. The maximum Gasteiger partial charge on any atom is 0.161 e. The van der Waals surface area contributed by atoms with Crippen molar-refractivity contribution in [2.24, 2.45) is 0 Å². The summed E-state index contributed by atoms with van der Waals surface area (Å²) in [5, 5.41) is 1.30. The Morgan fingerprint density at radius 2 is 1.86 bits per heavy atom. The van der Waals surface area contributed by atoms with Crippen LogP contribution >= 0.6 is 0 Å². The molecule has 3 aromatic rings. The van der Waals surface area contributed by atoms with E-state index < -0.39 is 0 Å². The van der Waals surface area contributed by atoms with Crippen LogP contribution in [-0.4, -0.2) is 18.2 Å². The summed E-state index contributed by atoms with van der Waals surface area (Å²) in [6.07, 6.45) is 3.18. The van der Waals surface area contributed by atoms with Crippen molar-refractivity contribution in [3.05, 3.63) is 59.8 Å². The van der Waals surface area contributed by atoms with Crippen molar-refractivity contribution >= 4 is 10.9 Å². The summed E-state index contributed by atoms with van der Waals surface area (Å²) in [6.45, 7) is 3.48. The summed E-state index contributed by atoms with van der Waals surface area (Å²) in [6, 6.07) is 14.8. The van der Waals surface area contributed by atoms with E-state index in [2.05, 4.69) is 54.5 Å². The minimum atomic E-state index is 0.354. The molecule has 1 unspecified atom stereocenters. The minimum Gasteiger partial charge on any atom is -0.486 e. The summed E-state index contributed by atoms with van der Waals surface area (Å²) in [7, 11) is 0. The zero-order valence-electron chi connectivity index (χ0n) is 12.6. The number of H-pyrrole nitrogens is 1. The van der Waals surface area contributed by atoms with Crippen LogP contribution in [0.5, 0.6) is 11.5 Å². The quantitative estimate of drug-likeness (QED) is 0.772. The van der Waals surface area contributed by atoms with Gasteiger partial charge in [-0.1, -0.05) is 31.2 Å². The molecule has 3 nitrogen and oxygen atoms in total. The average Bonchev–Trinajstić information content (AvgIpc) is 3.00. The Labute approximate surface area is 129 Å². The first-order valence-corrected chi connectivity index (χ1v) is 7.82. The van der Waals surface area contributed by atoms with Crippen LogP contribution in [0.3, 0.4) is 0 Å². The van der Waals surface area contributed by atoms with Gasteiger partial charge in [-0.05, 0) is 35.7 Å². The van der Waals surface area contributed by atoms with Crippen molar-refractivity contribution in [2.45, 2.75) is 19.3 Å². The van der Waals surface area contributed by atoms with E-state index in [1.54, 1.807) is 0 Å². The molecule has 2 heterocycles. The van der Waals surface area contributed by atoms with Gasteiger partial charge in [0.05, 0.1) is 0 Å². The molecule has 112 valence electrons. The van der Waals surface area contributed by atoms with Crippen molar-refractivity contribution in [1.29, 1.82) is 0 Å². The number of rotatable bonds is 3. The third kappa shape index (κ3) is 2.13. The molecule has 1 aromatic heterocycles. The van der Waals surface area contributed by atoms with E-state index in [-0.39, 0.29) is 0 Å². The van der Waals surface area contributed by atoms with Gasteiger partial charge in [0, 0.05) is 23.0 Å². The van der Waals surface area contributed by atoms with Crippen LogP contribution in [0.1, 0.15) is 30.4 Å². The summed E-state index contributed by atoms with van der Waals surface area (Å²) in [5.41, 5.74) is 3.81. The zero-order valence-corrected chi connectivity index (χ0v) is 12.6. The molecule has 22 heavy (non-hydrogen) atoms. The molecule has 0 amide bonds. The molecular formula is C19H19NO2. The van der Waals surface area contributed by atoms with Crippen LogP contribution in [-0.2, 0) is 0 Å². The van der Waals surface area contributed by atoms with E-state index in [0.29, 0.717) is 19.1 Å². The number of aromatic amines is 1. The Hall–Kier alpha value is -2.42. The Morgan fingerprint density at radius 3 is 2.73 bits per heavy atom. The number of ether oxygens (including phenoxy) is 2. The highest BCUT2D eigenvalue weighted by molar-refractivity contribution is 5.84. The van der Waals surface area contributed by atoms with Crippen molar-refractivity contribution < 1.29 is 9.47 Å². The van der Waals surface area contributed by atoms with Gasteiger partial charge in [-0.3, -0.25) is 0 Å². The lowest BCUT2D eigenvalue weighted by Crippen LogP contribution is -2.15. The topological polar surface area (TPSA) is 34.2 Å². The van der Waals surface area contributed by atoms with Crippen molar-refractivity contribution in [3.63, 3.8) is 0 Å². The second-order valence-corrected chi connectivity index (χ2v) is 5.65. The van der Waals surface area contributed by atoms with Crippen LogP contribution < -0.4 is 9.47 Å². The number of benzene rings is 2. The molecule has 2 aromatic carbocycles. The van der Waals surface area contributed by atoms with E-state index in [9.17, 15) is 0 Å². The highest BCUT2D eigenvalue weighted by Crippen LogP contribution is 2.38. The maximum atomic E-state index is 5.73. The molecule has 0 radical (unpaired) electrons. The normalized spacial score (nSPS) is 15.0. The molecule has 1 aliphatic rings. The molecule has 3 heteroatoms. The predicted molar refractivity (Wildman–Crippen MR) is 87.9 cm³/mol. The molecule has 4 rings (SSSR count). The van der Waals surface area contributed by atoms with Gasteiger partial charge in [0.2, 0.25) is 0 Å². The second-order valence-electron chi connectivity index (χ2n) is 5.65. The molecule has 1 atom stereocenters. The van der Waals surface area contributed by atoms with Crippen molar-refractivity contribution in [3.8, 4) is 11.5 Å². The zero-order chi connectivity index (χ0) is 14.9. The van der Waals surface area contributed by atoms with Gasteiger partial charge in [0.15, 0.2) is 11.5 Å². The molecule has 0 spiro atoms. The Morgan fingerprint density at radius 1 is 1.05 bits per heavy atom. The van der Waals surface area contributed by atoms with Crippen molar-refractivity contribution in [2.75, 3.05) is 13.2 Å². The SMILES string of the molecule is CCC(c1ccc2c(c1)OCCO2)c1c[nH]c2ccccc12. The fourth-order valence-corrected chi connectivity index (χ4v) is 3.29. The van der Waals surface area contributed by atoms with Gasteiger partial charge >= 0.3 is 0 Å². The van der Waals surface area contributed by atoms with Crippen LogP contribution in [0.25, 0.3) is 10.9 Å². The Balaban J connectivity index is 1.78. The Bertz CT molecular complexity index is 806. The van der Waals surface area contributed by atoms with E-state index in [1.807, 2.05) is 6.07 Å². The summed E-state index contributed by atoms with van der Waals surface area (Å²) < 4.78 is 11.4. The Kier molecular flexibility index (Phi) is 3.26. The molecule has 0 aliphatic carbocycles. The lowest BCUT2D eigenvalue weighted by molar-refractivity contribution is 0.171.